The first-order valence-electron chi connectivity index (χ1n) is 5.88. The Balaban J connectivity index is 2.28. The van der Waals surface area contributed by atoms with E-state index in [1.54, 1.807) is 29.2 Å². The SMILES string of the molecule is O=C(O)CC(c1ccc(Cl)cc1)N1CC(Br)CC1=O. The molecule has 1 aromatic carbocycles. The Bertz CT molecular complexity index is 491. The predicted molar refractivity (Wildman–Crippen MR) is 75.5 cm³/mol. The number of hydrogen-bond acceptors (Lipinski definition) is 2. The van der Waals surface area contributed by atoms with Crippen molar-refractivity contribution in [1.82, 2.24) is 4.90 Å². The summed E-state index contributed by atoms with van der Waals surface area (Å²) in [6.07, 6.45) is 0.302. The van der Waals surface area contributed by atoms with Crippen molar-refractivity contribution in [1.29, 1.82) is 0 Å². The van der Waals surface area contributed by atoms with Crippen LogP contribution in [0.4, 0.5) is 0 Å². The molecule has 1 saturated heterocycles. The number of amides is 1. The third-order valence-electron chi connectivity index (χ3n) is 3.11. The van der Waals surface area contributed by atoms with Crippen LogP contribution >= 0.6 is 27.5 Å². The van der Waals surface area contributed by atoms with Crippen LogP contribution in [0, 0.1) is 0 Å². The van der Waals surface area contributed by atoms with Gasteiger partial charge in [0.25, 0.3) is 0 Å². The number of halogens is 2. The number of likely N-dealkylation sites (tertiary alicyclic amines) is 1. The first-order chi connectivity index (χ1) is 8.97. The van der Waals surface area contributed by atoms with E-state index in [1.807, 2.05) is 0 Å². The number of alkyl halides is 1. The molecule has 2 unspecified atom stereocenters. The molecule has 1 aliphatic heterocycles. The van der Waals surface area contributed by atoms with Crippen LogP contribution in [0.3, 0.4) is 0 Å². The fourth-order valence-corrected chi connectivity index (χ4v) is 2.96. The number of nitrogens with zero attached hydrogens (tertiary/aromatic N) is 1. The molecule has 0 bridgehead atoms. The van der Waals surface area contributed by atoms with Gasteiger partial charge in [0.2, 0.25) is 5.91 Å². The third-order valence-corrected chi connectivity index (χ3v) is 3.98. The number of rotatable bonds is 4. The predicted octanol–water partition coefficient (Wildman–Crippen LogP) is 2.85. The molecule has 2 rings (SSSR count). The molecular formula is C13H13BrClNO3. The van der Waals surface area contributed by atoms with Gasteiger partial charge in [0.05, 0.1) is 12.5 Å². The van der Waals surface area contributed by atoms with E-state index in [4.69, 9.17) is 16.7 Å². The summed E-state index contributed by atoms with van der Waals surface area (Å²) in [6.45, 7) is 0.527. The molecule has 6 heteroatoms. The van der Waals surface area contributed by atoms with Crippen LogP contribution in [0.15, 0.2) is 24.3 Å². The van der Waals surface area contributed by atoms with Gasteiger partial charge in [-0.2, -0.15) is 0 Å². The Labute approximate surface area is 124 Å². The van der Waals surface area contributed by atoms with Gasteiger partial charge < -0.3 is 10.0 Å². The van der Waals surface area contributed by atoms with Crippen LogP contribution in [0.5, 0.6) is 0 Å². The van der Waals surface area contributed by atoms with Gasteiger partial charge in [-0.15, -0.1) is 0 Å². The standard InChI is InChI=1S/C13H13BrClNO3/c14-9-5-12(17)16(7-9)11(6-13(18)19)8-1-3-10(15)4-2-8/h1-4,9,11H,5-7H2,(H,18,19). The van der Waals surface area contributed by atoms with E-state index in [2.05, 4.69) is 15.9 Å². The van der Waals surface area contributed by atoms with E-state index < -0.39 is 12.0 Å². The number of hydrogen-bond donors (Lipinski definition) is 1. The van der Waals surface area contributed by atoms with Crippen molar-refractivity contribution in [3.63, 3.8) is 0 Å². The minimum Gasteiger partial charge on any atom is -0.481 e. The number of carbonyl (C=O) groups excluding carboxylic acids is 1. The number of carboxylic acid groups (broad SMARTS) is 1. The van der Waals surface area contributed by atoms with Crippen LogP contribution in [0.25, 0.3) is 0 Å². The summed E-state index contributed by atoms with van der Waals surface area (Å²) >= 11 is 9.24. The maximum Gasteiger partial charge on any atom is 0.305 e. The Morgan fingerprint density at radius 1 is 1.47 bits per heavy atom. The molecule has 2 atom stereocenters. The first kappa shape index (κ1) is 14.3. The van der Waals surface area contributed by atoms with Crippen LogP contribution in [-0.4, -0.2) is 33.3 Å². The minimum atomic E-state index is -0.925. The molecule has 19 heavy (non-hydrogen) atoms. The van der Waals surface area contributed by atoms with E-state index in [0.29, 0.717) is 18.0 Å². The summed E-state index contributed by atoms with van der Waals surface area (Å²) in [5.41, 5.74) is 0.793. The summed E-state index contributed by atoms with van der Waals surface area (Å²) in [5, 5.41) is 9.62. The van der Waals surface area contributed by atoms with Gasteiger partial charge in [-0.3, -0.25) is 9.59 Å². The summed E-state index contributed by atoms with van der Waals surface area (Å²) in [6, 6.07) is 6.51. The molecule has 1 fully saturated rings. The van der Waals surface area contributed by atoms with Crippen LogP contribution < -0.4 is 0 Å². The molecular weight excluding hydrogens is 334 g/mol. The summed E-state index contributed by atoms with van der Waals surface area (Å²) in [4.78, 5) is 24.7. The highest BCUT2D eigenvalue weighted by Gasteiger charge is 2.34. The maximum absolute atomic E-state index is 11.9. The highest BCUT2D eigenvalue weighted by atomic mass is 79.9. The first-order valence-corrected chi connectivity index (χ1v) is 7.17. The van der Waals surface area contributed by atoms with Gasteiger partial charge in [-0.25, -0.2) is 0 Å². The fraction of sp³-hybridized carbons (Fsp3) is 0.385. The van der Waals surface area contributed by atoms with Crippen molar-refractivity contribution < 1.29 is 14.7 Å². The molecule has 102 valence electrons. The molecule has 0 radical (unpaired) electrons. The molecule has 4 nitrogen and oxygen atoms in total. The van der Waals surface area contributed by atoms with Gasteiger partial charge in [-0.05, 0) is 17.7 Å². The van der Waals surface area contributed by atoms with Crippen molar-refractivity contribution in [3.8, 4) is 0 Å². The number of carboxylic acids is 1. The van der Waals surface area contributed by atoms with Crippen LogP contribution in [0.2, 0.25) is 5.02 Å². The lowest BCUT2D eigenvalue weighted by Gasteiger charge is -2.27. The highest BCUT2D eigenvalue weighted by Crippen LogP contribution is 2.31. The largest absolute Gasteiger partial charge is 0.481 e. The summed E-state index contributed by atoms with van der Waals surface area (Å²) < 4.78 is 0. The zero-order valence-electron chi connectivity index (χ0n) is 10.1. The van der Waals surface area contributed by atoms with Gasteiger partial charge in [0.15, 0.2) is 0 Å². The Hall–Kier alpha value is -1.07. The molecule has 0 aromatic heterocycles. The highest BCUT2D eigenvalue weighted by molar-refractivity contribution is 9.09. The smallest absolute Gasteiger partial charge is 0.305 e. The maximum atomic E-state index is 11.9. The van der Waals surface area contributed by atoms with Gasteiger partial charge in [0, 0.05) is 22.8 Å². The van der Waals surface area contributed by atoms with Gasteiger partial charge in [0.1, 0.15) is 0 Å². The Kier molecular flexibility index (Phi) is 4.47. The van der Waals surface area contributed by atoms with Gasteiger partial charge >= 0.3 is 5.97 Å². The second kappa shape index (κ2) is 5.92. The molecule has 1 N–H and O–H groups in total. The lowest BCUT2D eigenvalue weighted by atomic mass is 10.0. The zero-order chi connectivity index (χ0) is 14.0. The zero-order valence-corrected chi connectivity index (χ0v) is 12.4. The topological polar surface area (TPSA) is 57.6 Å². The Morgan fingerprint density at radius 3 is 2.58 bits per heavy atom. The van der Waals surface area contributed by atoms with E-state index >= 15 is 0 Å². The molecule has 1 heterocycles. The van der Waals surface area contributed by atoms with Crippen molar-refractivity contribution in [3.05, 3.63) is 34.9 Å². The quantitative estimate of drug-likeness (QED) is 0.853. The van der Waals surface area contributed by atoms with Crippen LogP contribution in [-0.2, 0) is 9.59 Å². The van der Waals surface area contributed by atoms with Crippen LogP contribution in [0.1, 0.15) is 24.4 Å². The molecule has 1 amide bonds. The third kappa shape index (κ3) is 3.48. The molecule has 0 aliphatic carbocycles. The molecule has 0 saturated carbocycles. The van der Waals surface area contributed by atoms with E-state index in [0.717, 1.165) is 5.56 Å². The van der Waals surface area contributed by atoms with Crippen molar-refractivity contribution in [2.45, 2.75) is 23.7 Å². The number of benzene rings is 1. The van der Waals surface area contributed by atoms with Crippen molar-refractivity contribution in [2.24, 2.45) is 0 Å². The second-order valence-corrected chi connectivity index (χ2v) is 6.24. The van der Waals surface area contributed by atoms with Crippen molar-refractivity contribution >= 4 is 39.4 Å². The van der Waals surface area contributed by atoms with E-state index in [1.165, 1.54) is 0 Å². The average molecular weight is 347 g/mol. The summed E-state index contributed by atoms with van der Waals surface area (Å²) in [7, 11) is 0. The number of aliphatic carboxylic acids is 1. The van der Waals surface area contributed by atoms with E-state index in [9.17, 15) is 9.59 Å². The lowest BCUT2D eigenvalue weighted by molar-refractivity contribution is -0.139. The number of carbonyl (C=O) groups is 2. The molecule has 1 aliphatic rings. The van der Waals surface area contributed by atoms with E-state index in [-0.39, 0.29) is 17.2 Å². The monoisotopic (exact) mass is 345 g/mol. The average Bonchev–Trinajstić information content (AvgIpc) is 2.66. The fourth-order valence-electron chi connectivity index (χ4n) is 2.25. The summed E-state index contributed by atoms with van der Waals surface area (Å²) in [5.74, 6) is -0.950. The van der Waals surface area contributed by atoms with Gasteiger partial charge in [-0.1, -0.05) is 39.7 Å². The van der Waals surface area contributed by atoms with Crippen molar-refractivity contribution in [2.75, 3.05) is 6.54 Å². The minimum absolute atomic E-state index is 0.0249. The lowest BCUT2D eigenvalue weighted by Crippen LogP contribution is -2.32. The molecule has 1 aromatic rings. The normalized spacial score (nSPS) is 20.6. The second-order valence-electron chi connectivity index (χ2n) is 4.51. The molecule has 0 spiro atoms. The Morgan fingerprint density at radius 2 is 2.11 bits per heavy atom.